The summed E-state index contributed by atoms with van der Waals surface area (Å²) in [6.45, 7) is 1.58. The maximum atomic E-state index is 11.6. The van der Waals surface area contributed by atoms with Crippen LogP contribution >= 0.6 is 15.9 Å². The molecule has 0 bridgehead atoms. The lowest BCUT2D eigenvalue weighted by atomic mass is 10.1. The molecule has 0 aromatic heterocycles. The Bertz CT molecular complexity index is 447. The van der Waals surface area contributed by atoms with E-state index < -0.39 is 18.0 Å². The molecular formula is C11H12BrNO4. The Hall–Kier alpha value is -1.40. The molecule has 0 heterocycles. The van der Waals surface area contributed by atoms with E-state index in [4.69, 9.17) is 9.84 Å². The van der Waals surface area contributed by atoms with Gasteiger partial charge in [0.2, 0.25) is 0 Å². The third-order valence-electron chi connectivity index (χ3n) is 2.19. The van der Waals surface area contributed by atoms with E-state index in [9.17, 15) is 9.59 Å². The van der Waals surface area contributed by atoms with E-state index in [2.05, 4.69) is 21.2 Å². The maximum absolute atomic E-state index is 11.6. The summed E-state index contributed by atoms with van der Waals surface area (Å²) in [5, 5.41) is 11.5. The fraction of sp³-hybridized carbons (Fsp3) is 0.273. The molecule has 1 atom stereocenters. The molecule has 0 saturated heterocycles. The van der Waals surface area contributed by atoms with Crippen molar-refractivity contribution in [1.29, 1.82) is 0 Å². The first-order valence-corrected chi connectivity index (χ1v) is 5.61. The fourth-order valence-electron chi connectivity index (χ4n) is 1.15. The second-order valence-electron chi connectivity index (χ2n) is 3.36. The minimum atomic E-state index is -1.10. The van der Waals surface area contributed by atoms with Crippen LogP contribution < -0.4 is 5.32 Å². The number of carbonyl (C=O) groups excluding carboxylic acids is 1. The van der Waals surface area contributed by atoms with Gasteiger partial charge in [-0.15, -0.1) is 0 Å². The summed E-state index contributed by atoms with van der Waals surface area (Å²) in [5.41, 5.74) is 0.269. The molecule has 1 unspecified atom stereocenters. The highest BCUT2D eigenvalue weighted by molar-refractivity contribution is 9.10. The lowest BCUT2D eigenvalue weighted by Gasteiger charge is -2.12. The zero-order chi connectivity index (χ0) is 13.0. The van der Waals surface area contributed by atoms with E-state index in [1.165, 1.54) is 19.2 Å². The zero-order valence-electron chi connectivity index (χ0n) is 9.36. The number of amides is 1. The Morgan fingerprint density at radius 1 is 1.47 bits per heavy atom. The van der Waals surface area contributed by atoms with Crippen LogP contribution in [0.4, 0.5) is 5.69 Å². The number of carbonyl (C=O) groups is 2. The Labute approximate surface area is 107 Å². The number of anilines is 1. The highest BCUT2D eigenvalue weighted by Gasteiger charge is 2.16. The van der Waals surface area contributed by atoms with Crippen LogP contribution in [0.2, 0.25) is 0 Å². The van der Waals surface area contributed by atoms with E-state index in [1.807, 2.05) is 0 Å². The van der Waals surface area contributed by atoms with Crippen LogP contribution in [-0.2, 0) is 9.53 Å². The highest BCUT2D eigenvalue weighted by atomic mass is 79.9. The predicted octanol–water partition coefficient (Wildman–Crippen LogP) is 2.12. The third-order valence-corrected chi connectivity index (χ3v) is 2.69. The largest absolute Gasteiger partial charge is 0.478 e. The summed E-state index contributed by atoms with van der Waals surface area (Å²) in [4.78, 5) is 22.5. The van der Waals surface area contributed by atoms with Gasteiger partial charge in [-0.2, -0.15) is 0 Å². The Balaban J connectivity index is 3.00. The molecular weight excluding hydrogens is 290 g/mol. The number of methoxy groups -OCH3 is 1. The number of hydrogen-bond acceptors (Lipinski definition) is 3. The van der Waals surface area contributed by atoms with E-state index in [1.54, 1.807) is 13.0 Å². The van der Waals surface area contributed by atoms with Crippen molar-refractivity contribution in [3.05, 3.63) is 28.2 Å². The molecule has 1 amide bonds. The van der Waals surface area contributed by atoms with Gasteiger partial charge in [0.05, 0.1) is 11.3 Å². The molecule has 17 heavy (non-hydrogen) atoms. The van der Waals surface area contributed by atoms with Crippen LogP contribution in [0.1, 0.15) is 17.3 Å². The number of benzene rings is 1. The number of ether oxygens (including phenoxy) is 1. The Morgan fingerprint density at radius 3 is 2.65 bits per heavy atom. The summed E-state index contributed by atoms with van der Waals surface area (Å²) in [7, 11) is 1.41. The Morgan fingerprint density at radius 2 is 2.12 bits per heavy atom. The summed E-state index contributed by atoms with van der Waals surface area (Å²) < 4.78 is 5.53. The van der Waals surface area contributed by atoms with Gasteiger partial charge < -0.3 is 15.2 Å². The van der Waals surface area contributed by atoms with Gasteiger partial charge in [-0.1, -0.05) is 15.9 Å². The smallest absolute Gasteiger partial charge is 0.337 e. The number of rotatable bonds is 4. The van der Waals surface area contributed by atoms with Crippen molar-refractivity contribution in [2.45, 2.75) is 13.0 Å². The summed E-state index contributed by atoms with van der Waals surface area (Å²) in [5.74, 6) is -1.49. The van der Waals surface area contributed by atoms with Gasteiger partial charge in [0.25, 0.3) is 5.91 Å². The van der Waals surface area contributed by atoms with Crippen molar-refractivity contribution in [3.63, 3.8) is 0 Å². The molecule has 0 radical (unpaired) electrons. The lowest BCUT2D eigenvalue weighted by molar-refractivity contribution is -0.124. The molecule has 0 aliphatic heterocycles. The molecule has 0 saturated carbocycles. The van der Waals surface area contributed by atoms with Crippen LogP contribution in [0.15, 0.2) is 22.7 Å². The molecule has 0 aliphatic carbocycles. The number of halogens is 1. The van der Waals surface area contributed by atoms with E-state index in [-0.39, 0.29) is 11.3 Å². The summed E-state index contributed by atoms with van der Waals surface area (Å²) in [6.07, 6.45) is -0.643. The lowest BCUT2D eigenvalue weighted by Crippen LogP contribution is -2.27. The van der Waals surface area contributed by atoms with Crippen LogP contribution in [0.5, 0.6) is 0 Å². The Kier molecular flexibility index (Phi) is 4.65. The van der Waals surface area contributed by atoms with Crippen molar-refractivity contribution in [3.8, 4) is 0 Å². The first-order valence-electron chi connectivity index (χ1n) is 4.82. The average molecular weight is 302 g/mol. The van der Waals surface area contributed by atoms with Gasteiger partial charge in [-0.3, -0.25) is 4.79 Å². The van der Waals surface area contributed by atoms with E-state index in [0.717, 1.165) is 0 Å². The molecule has 1 rings (SSSR count). The summed E-state index contributed by atoms with van der Waals surface area (Å²) in [6, 6.07) is 4.54. The molecule has 1 aromatic rings. The van der Waals surface area contributed by atoms with Crippen molar-refractivity contribution in [1.82, 2.24) is 0 Å². The minimum Gasteiger partial charge on any atom is -0.478 e. The van der Waals surface area contributed by atoms with Crippen LogP contribution in [-0.4, -0.2) is 30.2 Å². The maximum Gasteiger partial charge on any atom is 0.337 e. The van der Waals surface area contributed by atoms with Gasteiger partial charge in [-0.05, 0) is 25.1 Å². The van der Waals surface area contributed by atoms with Gasteiger partial charge in [0.1, 0.15) is 6.10 Å². The molecule has 2 N–H and O–H groups in total. The number of carboxylic acid groups (broad SMARTS) is 1. The van der Waals surface area contributed by atoms with E-state index in [0.29, 0.717) is 4.47 Å². The highest BCUT2D eigenvalue weighted by Crippen LogP contribution is 2.21. The normalized spacial score (nSPS) is 11.9. The molecule has 1 aromatic carbocycles. The van der Waals surface area contributed by atoms with Crippen LogP contribution in [0, 0.1) is 0 Å². The van der Waals surface area contributed by atoms with Crippen molar-refractivity contribution >= 4 is 33.5 Å². The standard InChI is InChI=1S/C11H12BrNO4/c1-6(17-2)10(14)13-9-5-7(12)3-4-8(9)11(15)16/h3-6H,1-2H3,(H,13,14)(H,15,16). The minimum absolute atomic E-state index is 0.0323. The summed E-state index contributed by atoms with van der Waals surface area (Å²) >= 11 is 3.21. The van der Waals surface area contributed by atoms with Crippen molar-refractivity contribution in [2.75, 3.05) is 12.4 Å². The van der Waals surface area contributed by atoms with Crippen LogP contribution in [0.3, 0.4) is 0 Å². The monoisotopic (exact) mass is 301 g/mol. The third kappa shape index (κ3) is 3.54. The number of hydrogen-bond donors (Lipinski definition) is 2. The van der Waals surface area contributed by atoms with Gasteiger partial charge in [0.15, 0.2) is 0 Å². The molecule has 6 heteroatoms. The SMILES string of the molecule is COC(C)C(=O)Nc1cc(Br)ccc1C(=O)O. The quantitative estimate of drug-likeness (QED) is 0.893. The zero-order valence-corrected chi connectivity index (χ0v) is 10.9. The predicted molar refractivity (Wildman–Crippen MR) is 66.2 cm³/mol. The van der Waals surface area contributed by atoms with Gasteiger partial charge >= 0.3 is 5.97 Å². The second-order valence-corrected chi connectivity index (χ2v) is 4.28. The van der Waals surface area contributed by atoms with Gasteiger partial charge in [-0.25, -0.2) is 4.79 Å². The molecule has 92 valence electrons. The van der Waals surface area contributed by atoms with Crippen LogP contribution in [0.25, 0.3) is 0 Å². The first-order chi connectivity index (χ1) is 7.95. The second kappa shape index (κ2) is 5.79. The number of aromatic carboxylic acids is 1. The van der Waals surface area contributed by atoms with Crippen molar-refractivity contribution in [2.24, 2.45) is 0 Å². The van der Waals surface area contributed by atoms with Gasteiger partial charge in [0, 0.05) is 11.6 Å². The fourth-order valence-corrected chi connectivity index (χ4v) is 1.51. The number of nitrogens with one attached hydrogen (secondary N) is 1. The van der Waals surface area contributed by atoms with Crippen molar-refractivity contribution < 1.29 is 19.4 Å². The molecule has 0 fully saturated rings. The number of carboxylic acids is 1. The molecule has 0 spiro atoms. The first kappa shape index (κ1) is 13.7. The topological polar surface area (TPSA) is 75.6 Å². The van der Waals surface area contributed by atoms with E-state index >= 15 is 0 Å². The molecule has 0 aliphatic rings. The average Bonchev–Trinajstić information content (AvgIpc) is 2.27. The molecule has 5 nitrogen and oxygen atoms in total.